The Balaban J connectivity index is 2.29. The number of anilines is 1. The largest absolute Gasteiger partial charge is 0.492 e. The number of halogens is 2. The van der Waals surface area contributed by atoms with Crippen molar-refractivity contribution in [2.24, 2.45) is 0 Å². The Morgan fingerprint density at radius 1 is 1.32 bits per heavy atom. The predicted molar refractivity (Wildman–Crippen MR) is 96.3 cm³/mol. The molecule has 0 aliphatic rings. The molecule has 0 aliphatic carbocycles. The van der Waals surface area contributed by atoms with Crippen molar-refractivity contribution in [3.05, 3.63) is 50.6 Å². The molecule has 0 bridgehead atoms. The Kier molecular flexibility index (Phi) is 5.90. The standard InChI is InChI=1S/C16H15ClINO3/c1-3-22-14-8-10(7-13(18)15(14)21-2)16(20)19-12-6-4-5-11(17)9-12/h4-9H,3H2,1-2H3,(H,19,20). The maximum atomic E-state index is 12.4. The van der Waals surface area contributed by atoms with Crippen molar-refractivity contribution in [1.82, 2.24) is 0 Å². The van der Waals surface area contributed by atoms with Gasteiger partial charge in [0.15, 0.2) is 11.5 Å². The fourth-order valence-corrected chi connectivity index (χ4v) is 2.94. The van der Waals surface area contributed by atoms with E-state index in [4.69, 9.17) is 21.1 Å². The second-order valence-electron chi connectivity index (χ2n) is 4.39. The molecule has 1 N–H and O–H groups in total. The van der Waals surface area contributed by atoms with E-state index in [0.29, 0.717) is 34.4 Å². The SMILES string of the molecule is CCOc1cc(C(=O)Nc2cccc(Cl)c2)cc(I)c1OC. The van der Waals surface area contributed by atoms with Gasteiger partial charge < -0.3 is 14.8 Å². The van der Waals surface area contributed by atoms with Gasteiger partial charge in [-0.05, 0) is 59.8 Å². The highest BCUT2D eigenvalue weighted by molar-refractivity contribution is 14.1. The van der Waals surface area contributed by atoms with Gasteiger partial charge in [-0.3, -0.25) is 4.79 Å². The van der Waals surface area contributed by atoms with Crippen molar-refractivity contribution >= 4 is 45.8 Å². The lowest BCUT2D eigenvalue weighted by Gasteiger charge is -2.13. The monoisotopic (exact) mass is 431 g/mol. The Morgan fingerprint density at radius 2 is 2.09 bits per heavy atom. The van der Waals surface area contributed by atoms with E-state index in [1.165, 1.54) is 0 Å². The van der Waals surface area contributed by atoms with Gasteiger partial charge in [0.1, 0.15) is 0 Å². The number of hydrogen-bond donors (Lipinski definition) is 1. The molecule has 0 heterocycles. The van der Waals surface area contributed by atoms with E-state index in [1.54, 1.807) is 43.5 Å². The van der Waals surface area contributed by atoms with Crippen LogP contribution in [-0.4, -0.2) is 19.6 Å². The van der Waals surface area contributed by atoms with Gasteiger partial charge in [0, 0.05) is 16.3 Å². The Labute approximate surface area is 147 Å². The van der Waals surface area contributed by atoms with Crippen molar-refractivity contribution in [3.8, 4) is 11.5 Å². The molecule has 0 radical (unpaired) electrons. The zero-order valence-electron chi connectivity index (χ0n) is 12.2. The van der Waals surface area contributed by atoms with Crippen LogP contribution in [0.3, 0.4) is 0 Å². The van der Waals surface area contributed by atoms with E-state index in [2.05, 4.69) is 27.9 Å². The first-order valence-electron chi connectivity index (χ1n) is 6.62. The van der Waals surface area contributed by atoms with Crippen LogP contribution in [0, 0.1) is 3.57 Å². The van der Waals surface area contributed by atoms with Crippen LogP contribution >= 0.6 is 34.2 Å². The minimum Gasteiger partial charge on any atom is -0.492 e. The number of hydrogen-bond acceptors (Lipinski definition) is 3. The van der Waals surface area contributed by atoms with Crippen LogP contribution < -0.4 is 14.8 Å². The molecule has 1 amide bonds. The molecule has 2 rings (SSSR count). The minimum atomic E-state index is -0.233. The number of methoxy groups -OCH3 is 1. The number of rotatable bonds is 5. The van der Waals surface area contributed by atoms with E-state index < -0.39 is 0 Å². The molecule has 0 fully saturated rings. The van der Waals surface area contributed by atoms with E-state index in [0.717, 1.165) is 3.57 Å². The highest BCUT2D eigenvalue weighted by atomic mass is 127. The molecule has 0 aromatic heterocycles. The van der Waals surface area contributed by atoms with Crippen LogP contribution in [0.25, 0.3) is 0 Å². The summed E-state index contributed by atoms with van der Waals surface area (Å²) in [4.78, 5) is 12.4. The van der Waals surface area contributed by atoms with Crippen molar-refractivity contribution < 1.29 is 14.3 Å². The molecule has 0 saturated heterocycles. The minimum absolute atomic E-state index is 0.233. The van der Waals surface area contributed by atoms with Crippen molar-refractivity contribution in [1.29, 1.82) is 0 Å². The lowest BCUT2D eigenvalue weighted by Crippen LogP contribution is -2.13. The van der Waals surface area contributed by atoms with Gasteiger partial charge in [0.05, 0.1) is 17.3 Å². The van der Waals surface area contributed by atoms with Crippen LogP contribution in [0.2, 0.25) is 5.02 Å². The number of benzene rings is 2. The molecule has 0 aliphatic heterocycles. The summed E-state index contributed by atoms with van der Waals surface area (Å²) in [6.07, 6.45) is 0. The van der Waals surface area contributed by atoms with Gasteiger partial charge in [-0.15, -0.1) is 0 Å². The first kappa shape index (κ1) is 16.9. The third-order valence-electron chi connectivity index (χ3n) is 2.86. The van der Waals surface area contributed by atoms with Gasteiger partial charge in [-0.1, -0.05) is 17.7 Å². The third kappa shape index (κ3) is 4.04. The lowest BCUT2D eigenvalue weighted by atomic mass is 10.2. The summed E-state index contributed by atoms with van der Waals surface area (Å²) < 4.78 is 11.7. The molecule has 116 valence electrons. The molecule has 0 spiro atoms. The Hall–Kier alpha value is -1.47. The normalized spacial score (nSPS) is 10.2. The van der Waals surface area contributed by atoms with Crippen LogP contribution in [0.4, 0.5) is 5.69 Å². The molecule has 0 saturated carbocycles. The summed E-state index contributed by atoms with van der Waals surface area (Å²) in [7, 11) is 1.58. The quantitative estimate of drug-likeness (QED) is 0.704. The predicted octanol–water partition coefficient (Wildman–Crippen LogP) is 4.60. The number of amides is 1. The summed E-state index contributed by atoms with van der Waals surface area (Å²) in [5, 5.41) is 3.38. The number of carbonyl (C=O) groups is 1. The zero-order chi connectivity index (χ0) is 16.1. The summed E-state index contributed by atoms with van der Waals surface area (Å²) in [6.45, 7) is 2.37. The highest BCUT2D eigenvalue weighted by Crippen LogP contribution is 2.34. The van der Waals surface area contributed by atoms with Crippen molar-refractivity contribution in [2.75, 3.05) is 19.0 Å². The first-order valence-corrected chi connectivity index (χ1v) is 8.08. The number of ether oxygens (including phenoxy) is 2. The molecule has 22 heavy (non-hydrogen) atoms. The van der Waals surface area contributed by atoms with E-state index in [1.807, 2.05) is 6.92 Å². The van der Waals surface area contributed by atoms with Crippen molar-refractivity contribution in [3.63, 3.8) is 0 Å². The molecular weight excluding hydrogens is 417 g/mol. The average molecular weight is 432 g/mol. The van der Waals surface area contributed by atoms with Gasteiger partial charge in [-0.25, -0.2) is 0 Å². The fourth-order valence-electron chi connectivity index (χ4n) is 1.93. The van der Waals surface area contributed by atoms with Crippen LogP contribution in [-0.2, 0) is 0 Å². The number of nitrogens with one attached hydrogen (secondary N) is 1. The smallest absolute Gasteiger partial charge is 0.255 e. The summed E-state index contributed by atoms with van der Waals surface area (Å²) >= 11 is 8.03. The first-order chi connectivity index (χ1) is 10.5. The lowest BCUT2D eigenvalue weighted by molar-refractivity contribution is 0.102. The van der Waals surface area contributed by atoms with Gasteiger partial charge in [0.2, 0.25) is 0 Å². The molecule has 4 nitrogen and oxygen atoms in total. The molecule has 0 atom stereocenters. The van der Waals surface area contributed by atoms with E-state index >= 15 is 0 Å². The van der Waals surface area contributed by atoms with Gasteiger partial charge >= 0.3 is 0 Å². The molecular formula is C16H15ClINO3. The molecule has 2 aromatic rings. The van der Waals surface area contributed by atoms with E-state index in [9.17, 15) is 4.79 Å². The van der Waals surface area contributed by atoms with Gasteiger partial charge in [0.25, 0.3) is 5.91 Å². The maximum absolute atomic E-state index is 12.4. The van der Waals surface area contributed by atoms with Crippen LogP contribution in [0.15, 0.2) is 36.4 Å². The second-order valence-corrected chi connectivity index (χ2v) is 5.99. The molecule has 2 aromatic carbocycles. The van der Waals surface area contributed by atoms with E-state index in [-0.39, 0.29) is 5.91 Å². The third-order valence-corrected chi connectivity index (χ3v) is 3.89. The number of carbonyl (C=O) groups excluding carboxylic acids is 1. The molecule has 0 unspecified atom stereocenters. The molecule has 6 heteroatoms. The Morgan fingerprint density at radius 3 is 2.73 bits per heavy atom. The Bertz CT molecular complexity index is 691. The fraction of sp³-hybridized carbons (Fsp3) is 0.188. The summed E-state index contributed by atoms with van der Waals surface area (Å²) in [6, 6.07) is 10.4. The van der Waals surface area contributed by atoms with Crippen LogP contribution in [0.1, 0.15) is 17.3 Å². The average Bonchev–Trinajstić information content (AvgIpc) is 2.47. The highest BCUT2D eigenvalue weighted by Gasteiger charge is 2.15. The second kappa shape index (κ2) is 7.69. The zero-order valence-corrected chi connectivity index (χ0v) is 15.1. The van der Waals surface area contributed by atoms with Crippen LogP contribution in [0.5, 0.6) is 11.5 Å². The van der Waals surface area contributed by atoms with Gasteiger partial charge in [-0.2, -0.15) is 0 Å². The topological polar surface area (TPSA) is 47.6 Å². The van der Waals surface area contributed by atoms with Crippen molar-refractivity contribution in [2.45, 2.75) is 6.92 Å². The summed E-state index contributed by atoms with van der Waals surface area (Å²) in [5.41, 5.74) is 1.13. The maximum Gasteiger partial charge on any atom is 0.255 e. The summed E-state index contributed by atoms with van der Waals surface area (Å²) in [5.74, 6) is 0.943.